The lowest BCUT2D eigenvalue weighted by Crippen LogP contribution is -2.27. The van der Waals surface area contributed by atoms with E-state index in [0.29, 0.717) is 12.5 Å². The highest BCUT2D eigenvalue weighted by atomic mass is 16.6. The highest BCUT2D eigenvalue weighted by Crippen LogP contribution is 2.13. The summed E-state index contributed by atoms with van der Waals surface area (Å²) in [6.45, 7) is 11.4. The zero-order valence-electron chi connectivity index (χ0n) is 11.7. The lowest BCUT2D eigenvalue weighted by molar-refractivity contribution is -0.161. The first-order valence-electron chi connectivity index (χ1n) is 6.00. The Morgan fingerprint density at radius 1 is 1.12 bits per heavy atom. The van der Waals surface area contributed by atoms with Crippen LogP contribution in [0.1, 0.15) is 48.0 Å². The second-order valence-corrected chi connectivity index (χ2v) is 5.72. The zero-order valence-corrected chi connectivity index (χ0v) is 11.7. The first-order valence-corrected chi connectivity index (χ1v) is 6.00. The Kier molecular flexibility index (Phi) is 6.21. The van der Waals surface area contributed by atoms with Crippen molar-refractivity contribution in [2.75, 3.05) is 6.61 Å². The van der Waals surface area contributed by atoms with Crippen molar-refractivity contribution >= 4 is 11.9 Å². The van der Waals surface area contributed by atoms with Crippen LogP contribution >= 0.6 is 0 Å². The highest BCUT2D eigenvalue weighted by Gasteiger charge is 2.23. The molecule has 0 heterocycles. The van der Waals surface area contributed by atoms with Crippen molar-refractivity contribution < 1.29 is 19.1 Å². The topological polar surface area (TPSA) is 52.6 Å². The van der Waals surface area contributed by atoms with Crippen LogP contribution in [-0.2, 0) is 19.1 Å². The van der Waals surface area contributed by atoms with E-state index < -0.39 is 11.5 Å². The summed E-state index contributed by atoms with van der Waals surface area (Å²) in [4.78, 5) is 23.0. The van der Waals surface area contributed by atoms with Crippen LogP contribution in [0.5, 0.6) is 0 Å². The lowest BCUT2D eigenvalue weighted by atomic mass is 10.1. The molecule has 0 amide bonds. The molecule has 0 aromatic rings. The molecule has 0 saturated carbocycles. The van der Waals surface area contributed by atoms with Crippen LogP contribution in [0.4, 0.5) is 0 Å². The van der Waals surface area contributed by atoms with Gasteiger partial charge in [-0.25, -0.2) is 0 Å². The number of carbonyl (C=O) groups is 2. The summed E-state index contributed by atoms with van der Waals surface area (Å²) in [7, 11) is 0. The molecule has 0 aliphatic carbocycles. The maximum Gasteiger partial charge on any atom is 0.309 e. The lowest BCUT2D eigenvalue weighted by Gasteiger charge is -2.20. The number of ether oxygens (including phenoxy) is 2. The third kappa shape index (κ3) is 8.72. The van der Waals surface area contributed by atoms with Crippen molar-refractivity contribution in [3.05, 3.63) is 0 Å². The van der Waals surface area contributed by atoms with E-state index in [9.17, 15) is 9.59 Å². The smallest absolute Gasteiger partial charge is 0.309 e. The van der Waals surface area contributed by atoms with Gasteiger partial charge in [-0.15, -0.1) is 0 Å². The summed E-state index contributed by atoms with van der Waals surface area (Å²) in [5.74, 6) is -0.868. The summed E-state index contributed by atoms with van der Waals surface area (Å²) in [5.41, 5.74) is -0.515. The Labute approximate surface area is 104 Å². The van der Waals surface area contributed by atoms with Crippen LogP contribution in [0, 0.1) is 11.8 Å². The Bertz CT molecular complexity index is 263. The van der Waals surface area contributed by atoms with Crippen LogP contribution in [0.3, 0.4) is 0 Å². The first-order chi connectivity index (χ1) is 7.61. The van der Waals surface area contributed by atoms with E-state index in [-0.39, 0.29) is 18.4 Å². The van der Waals surface area contributed by atoms with E-state index in [1.54, 1.807) is 27.7 Å². The quantitative estimate of drug-likeness (QED) is 0.697. The maximum atomic E-state index is 11.5. The average molecular weight is 244 g/mol. The fourth-order valence-corrected chi connectivity index (χ4v) is 1.11. The molecule has 4 heteroatoms. The molecule has 0 spiro atoms. The van der Waals surface area contributed by atoms with E-state index in [2.05, 4.69) is 0 Å². The van der Waals surface area contributed by atoms with E-state index in [4.69, 9.17) is 9.47 Å². The van der Waals surface area contributed by atoms with Gasteiger partial charge < -0.3 is 9.47 Å². The molecule has 0 radical (unpaired) electrons. The molecule has 1 unspecified atom stereocenters. The molecule has 0 saturated heterocycles. The number of hydrogen-bond acceptors (Lipinski definition) is 4. The van der Waals surface area contributed by atoms with Gasteiger partial charge in [-0.05, 0) is 26.7 Å². The van der Waals surface area contributed by atoms with Gasteiger partial charge in [0.15, 0.2) is 0 Å². The minimum absolute atomic E-state index is 0.0637. The number of rotatable bonds is 5. The normalized spacial score (nSPS) is 13.4. The highest BCUT2D eigenvalue weighted by molar-refractivity contribution is 5.79. The van der Waals surface area contributed by atoms with Gasteiger partial charge in [0.05, 0.1) is 18.9 Å². The fourth-order valence-electron chi connectivity index (χ4n) is 1.11. The van der Waals surface area contributed by atoms with Crippen molar-refractivity contribution in [3.8, 4) is 0 Å². The second-order valence-electron chi connectivity index (χ2n) is 5.72. The predicted molar refractivity (Wildman–Crippen MR) is 65.4 cm³/mol. The van der Waals surface area contributed by atoms with Gasteiger partial charge in [0.25, 0.3) is 0 Å². The van der Waals surface area contributed by atoms with Gasteiger partial charge in [-0.2, -0.15) is 0 Å². The van der Waals surface area contributed by atoms with Gasteiger partial charge in [0.2, 0.25) is 0 Å². The largest absolute Gasteiger partial charge is 0.465 e. The van der Waals surface area contributed by atoms with Gasteiger partial charge in [0.1, 0.15) is 5.60 Å². The number of hydrogen-bond donors (Lipinski definition) is 0. The number of carbonyl (C=O) groups excluding carboxylic acids is 2. The van der Waals surface area contributed by atoms with Crippen molar-refractivity contribution in [1.82, 2.24) is 0 Å². The maximum absolute atomic E-state index is 11.5. The van der Waals surface area contributed by atoms with E-state index in [1.807, 2.05) is 13.8 Å². The Balaban J connectivity index is 4.03. The molecule has 100 valence electrons. The van der Waals surface area contributed by atoms with Gasteiger partial charge in [-0.3, -0.25) is 9.59 Å². The van der Waals surface area contributed by atoms with E-state index in [0.717, 1.165) is 0 Å². The number of esters is 2. The summed E-state index contributed by atoms with van der Waals surface area (Å²) in [5, 5.41) is 0. The molecule has 17 heavy (non-hydrogen) atoms. The predicted octanol–water partition coefficient (Wildman–Crippen LogP) is 2.55. The van der Waals surface area contributed by atoms with Crippen molar-refractivity contribution in [2.24, 2.45) is 11.8 Å². The molecule has 0 aromatic heterocycles. The van der Waals surface area contributed by atoms with Crippen LogP contribution in [0.25, 0.3) is 0 Å². The molecule has 0 aliphatic heterocycles. The molecule has 0 N–H and O–H groups in total. The third-order valence-corrected chi connectivity index (χ3v) is 1.85. The summed E-state index contributed by atoms with van der Waals surface area (Å²) >= 11 is 0. The molecule has 0 rings (SSSR count). The van der Waals surface area contributed by atoms with E-state index in [1.165, 1.54) is 0 Å². The van der Waals surface area contributed by atoms with Gasteiger partial charge in [0, 0.05) is 0 Å². The fraction of sp³-hybridized carbons (Fsp3) is 0.846. The Morgan fingerprint density at radius 3 is 2.06 bits per heavy atom. The molecule has 4 nitrogen and oxygen atoms in total. The summed E-state index contributed by atoms with van der Waals surface area (Å²) in [6, 6.07) is 0. The summed E-state index contributed by atoms with van der Waals surface area (Å²) in [6.07, 6.45) is 0.0637. The van der Waals surface area contributed by atoms with Crippen molar-refractivity contribution in [1.29, 1.82) is 0 Å². The monoisotopic (exact) mass is 244 g/mol. The van der Waals surface area contributed by atoms with Crippen molar-refractivity contribution in [3.63, 3.8) is 0 Å². The first kappa shape index (κ1) is 15.9. The molecule has 0 aliphatic rings. The van der Waals surface area contributed by atoms with Crippen LogP contribution in [0.15, 0.2) is 0 Å². The molecule has 0 fully saturated rings. The van der Waals surface area contributed by atoms with Crippen LogP contribution in [0.2, 0.25) is 0 Å². The Morgan fingerprint density at radius 2 is 1.65 bits per heavy atom. The van der Waals surface area contributed by atoms with Crippen LogP contribution < -0.4 is 0 Å². The standard InChI is InChI=1S/C13H24O4/c1-9(2)8-16-12(15)10(3)7-11(14)17-13(4,5)6/h9-10H,7-8H2,1-6H3. The third-order valence-electron chi connectivity index (χ3n) is 1.85. The van der Waals surface area contributed by atoms with Gasteiger partial charge in [-0.1, -0.05) is 20.8 Å². The Hall–Kier alpha value is -1.06. The molecule has 0 aromatic carbocycles. The minimum Gasteiger partial charge on any atom is -0.465 e. The zero-order chi connectivity index (χ0) is 13.6. The SMILES string of the molecule is CC(C)COC(=O)C(C)CC(=O)OC(C)(C)C. The van der Waals surface area contributed by atoms with Gasteiger partial charge >= 0.3 is 11.9 Å². The minimum atomic E-state index is -0.515. The molecular formula is C13H24O4. The van der Waals surface area contributed by atoms with E-state index >= 15 is 0 Å². The molecule has 0 bridgehead atoms. The van der Waals surface area contributed by atoms with Crippen LogP contribution in [-0.4, -0.2) is 24.1 Å². The molecular weight excluding hydrogens is 220 g/mol. The average Bonchev–Trinajstić information content (AvgIpc) is 2.10. The summed E-state index contributed by atoms with van der Waals surface area (Å²) < 4.78 is 10.2. The molecule has 1 atom stereocenters. The second kappa shape index (κ2) is 6.62. The van der Waals surface area contributed by atoms with Crippen molar-refractivity contribution in [2.45, 2.75) is 53.6 Å².